The zero-order valence-corrected chi connectivity index (χ0v) is 88.5. The Balaban J connectivity index is -0.000000183. The Morgan fingerprint density at radius 1 is 0.275 bits per heavy atom. The monoisotopic (exact) mass is 2180 g/mol. The molecule has 2 aromatic carbocycles. The maximum atomic E-state index is 11.6. The van der Waals surface area contributed by atoms with Crippen molar-refractivity contribution in [3.8, 4) is 0 Å². The van der Waals surface area contributed by atoms with Crippen LogP contribution in [0, 0.1) is 0 Å². The molecule has 10 atom stereocenters. The van der Waals surface area contributed by atoms with Crippen LogP contribution in [0.25, 0.3) is 0 Å². The zero-order valence-electron chi connectivity index (χ0n) is 76.0. The average Bonchev–Trinajstić information content (AvgIpc) is 0.990. The van der Waals surface area contributed by atoms with Crippen LogP contribution >= 0.6 is 48.9 Å². The molecule has 10 unspecified atom stereocenters. The maximum absolute atomic E-state index is 11.6. The summed E-state index contributed by atoms with van der Waals surface area (Å²) in [6.45, 7) is 7.88. The number of ether oxygens (including phenoxy) is 2. The largest absolute Gasteiger partial charge is 0.418 e. The van der Waals surface area contributed by atoms with Crippen LogP contribution in [0.3, 0.4) is 0 Å². The van der Waals surface area contributed by atoms with Gasteiger partial charge in [0.1, 0.15) is 0 Å². The molecule has 9 rings (SSSR count). The summed E-state index contributed by atoms with van der Waals surface area (Å²) in [5.41, 5.74) is 3.44. The summed E-state index contributed by atoms with van der Waals surface area (Å²) in [5.74, 6) is 0. The molecule has 0 aromatic heterocycles. The lowest BCUT2D eigenvalue weighted by atomic mass is 10.3. The quantitative estimate of drug-likeness (QED) is 0.0322. The second kappa shape index (κ2) is 117. The summed E-state index contributed by atoms with van der Waals surface area (Å²) in [6, 6.07) is 14.9. The van der Waals surface area contributed by atoms with Crippen LogP contribution in [-0.4, -0.2) is 415 Å². The van der Waals surface area contributed by atoms with Crippen molar-refractivity contribution in [3.63, 3.8) is 0 Å². The molecular formula is C76H148N16O34S4Si8. The molecular weight excluding hydrogens is 2030 g/mol. The molecule has 0 saturated carbocycles. The number of amides is 4. The molecule has 4 amide bonds. The summed E-state index contributed by atoms with van der Waals surface area (Å²) >= 11 is 21.8. The third-order valence-electron chi connectivity index (χ3n) is 15.1. The molecule has 3 saturated heterocycles. The number of nitrogens with one attached hydrogen (secondary N) is 16. The molecule has 50 nitrogen and oxygen atoms in total. The minimum Gasteiger partial charge on any atom is -0.418 e. The molecule has 2 aromatic rings. The van der Waals surface area contributed by atoms with Gasteiger partial charge in [0.05, 0.1) is 62.6 Å². The van der Waals surface area contributed by atoms with Gasteiger partial charge in [0.15, 0.2) is 121 Å². The number of hydrogen-bond donors (Lipinski definition) is 18. The number of anilines is 4. The van der Waals surface area contributed by atoms with Crippen molar-refractivity contribution in [2.75, 3.05) is 206 Å². The number of aliphatic hydroxyl groups excluding tert-OH is 2. The van der Waals surface area contributed by atoms with E-state index in [1.54, 1.807) is 56.9 Å². The SMILES string of the molecule is C.C.C.C.CO[SiH]1CNC(=O)NCCCCNC(=O)NC[SiH](OC)O1.CO[SiH]1CNC(=S)Nc2ccc(cc2)NC(=S)NCCCCNC(=S)Nc2ccc(cc2)NC(=S)NC[SiH](OC)O1.CO[SiH]1CNCCCCNC[SiH](OC)O1.CO[SiH]1COCC(O)CNCCCCNCC(O)COC[SiH](OC)O1.O=CC=O.O=CC=O.O=CC=O.O=CC=O.O=CC=O.O=CC=O.O=CC=O.O=CC=O. The van der Waals surface area contributed by atoms with E-state index < -0.39 is 86.5 Å². The summed E-state index contributed by atoms with van der Waals surface area (Å²) < 4.78 is 78.1. The molecule has 0 aliphatic carbocycles. The van der Waals surface area contributed by atoms with Crippen LogP contribution in [0.2, 0.25) is 0 Å². The molecule has 4 bridgehead atoms. The van der Waals surface area contributed by atoms with Gasteiger partial charge in [-0.1, -0.05) is 29.7 Å². The highest BCUT2D eigenvalue weighted by atomic mass is 32.1. The Bertz CT molecular complexity index is 3100. The van der Waals surface area contributed by atoms with E-state index in [0.29, 0.717) is 83.8 Å². The molecule has 0 radical (unpaired) electrons. The molecule has 0 spiro atoms. The standard InChI is InChI=1S/C24H36N8O3S4Si2.C14H34N2O7Si2.C10H24N4O5Si2.C8H22N2O3Si2.8C2H2O2.4CH4/c1-33-40-15-27-23(38)31-19-9-5-17(6-10-19)29-21(36)25-13-3-4-14-26-22(37)30-18-7-11-20(12-8-18)32-24(39)28-16-41(34-2)35-40;1-19-24-11-21-9-13(17)7-15-5-3-4-6-16-8-14(18)10-22-12-25(20-2)23-24;1-17-20-7-13-9(15)11-5-3-4-6-12-10(16)14-8-21(18-2)19-20;1-11-14-7-9-5-3-4-6-10-8-15(12-2)13-14;8*3-1-2-4;;;;/h5-12,40-41H,3-4,13-16H2,1-2H3,(H2,25,29,36)(H2,26,30,37)(H2,27,31,38)(H2,28,32,39);13-18,24-25H,3-12H2,1-2H3;20-21H,3-8H2,1-2H3,(H2,11,13,15)(H2,12,14,16);9-10,14-15H,3-8H2,1-2H3;8*1-2H;4*1H4. The molecule has 7 heterocycles. The highest BCUT2D eigenvalue weighted by Gasteiger charge is 2.26. The van der Waals surface area contributed by atoms with E-state index in [-0.39, 0.29) is 156 Å². The van der Waals surface area contributed by atoms with Gasteiger partial charge < -0.3 is 157 Å². The van der Waals surface area contributed by atoms with Gasteiger partial charge in [-0.2, -0.15) is 0 Å². The lowest BCUT2D eigenvalue weighted by molar-refractivity contribution is -0.122. The first kappa shape index (κ1) is 150. The van der Waals surface area contributed by atoms with Crippen molar-refractivity contribution in [3.05, 3.63) is 48.5 Å². The molecule has 7 aliphatic rings. The molecule has 18 N–H and O–H groups in total. The highest BCUT2D eigenvalue weighted by molar-refractivity contribution is 7.81. The third-order valence-corrected chi connectivity index (χ3v) is 34.4. The molecule has 792 valence electrons. The van der Waals surface area contributed by atoms with Gasteiger partial charge in [0.25, 0.3) is 0 Å². The number of carbonyl (C=O) groups excluding carboxylic acids is 18. The zero-order chi connectivity index (χ0) is 102. The number of carbonyl (C=O) groups is 18. The smallest absolute Gasteiger partial charge is 0.338 e. The van der Waals surface area contributed by atoms with E-state index in [1.165, 1.54) is 12.8 Å². The van der Waals surface area contributed by atoms with E-state index in [0.717, 1.165) is 113 Å². The van der Waals surface area contributed by atoms with E-state index in [1.807, 2.05) is 48.5 Å². The van der Waals surface area contributed by atoms with E-state index >= 15 is 0 Å². The first-order chi connectivity index (χ1) is 64.8. The van der Waals surface area contributed by atoms with E-state index in [9.17, 15) is 19.8 Å². The summed E-state index contributed by atoms with van der Waals surface area (Å²) in [6.07, 6.45) is 13.9. The molecule has 7 aliphatic heterocycles. The van der Waals surface area contributed by atoms with Crippen molar-refractivity contribution in [1.82, 2.24) is 63.8 Å². The van der Waals surface area contributed by atoms with E-state index in [4.69, 9.17) is 187 Å². The summed E-state index contributed by atoms with van der Waals surface area (Å²) in [7, 11) is -2.40. The van der Waals surface area contributed by atoms with Gasteiger partial charge in [0.2, 0.25) is 0 Å². The predicted octanol–water partition coefficient (Wildman–Crippen LogP) is -5.69. The second-order valence-electron chi connectivity index (χ2n) is 24.9. The van der Waals surface area contributed by atoms with Crippen LogP contribution in [0.5, 0.6) is 0 Å². The van der Waals surface area contributed by atoms with Crippen molar-refractivity contribution in [2.24, 2.45) is 0 Å². The topological polar surface area (TPSA) is 669 Å². The van der Waals surface area contributed by atoms with Crippen molar-refractivity contribution in [2.45, 2.75) is 93.3 Å². The molecule has 3 fully saturated rings. The highest BCUT2D eigenvalue weighted by Crippen LogP contribution is 2.15. The predicted molar refractivity (Wildman–Crippen MR) is 556 cm³/mol. The Hall–Kier alpha value is -8.60. The molecule has 62 heteroatoms. The van der Waals surface area contributed by atoms with Gasteiger partial charge in [-0.15, -0.1) is 0 Å². The summed E-state index contributed by atoms with van der Waals surface area (Å²) in [5, 5.41) is 71.6. The Labute approximate surface area is 843 Å². The number of thiocarbonyl (C=S) groups is 4. The van der Waals surface area contributed by atoms with Crippen LogP contribution in [0.4, 0.5) is 32.3 Å². The van der Waals surface area contributed by atoms with Crippen molar-refractivity contribution in [1.29, 1.82) is 0 Å². The van der Waals surface area contributed by atoms with Crippen LogP contribution in [-0.2, 0) is 138 Å². The van der Waals surface area contributed by atoms with Gasteiger partial charge >= 0.3 is 86.3 Å². The second-order valence-corrected chi connectivity index (χ2v) is 44.7. The molecule has 138 heavy (non-hydrogen) atoms. The third kappa shape index (κ3) is 105. The number of aliphatic hydroxyl groups is 2. The minimum atomic E-state index is -2.09. The number of benzene rings is 2. The first-order valence-corrected chi connectivity index (χ1v) is 56.3. The number of β-amino-alcohol motifs (C(OH)–C–C–N with tert-alkyl or cyclic N) is 2. The Morgan fingerprint density at radius 2 is 0.464 bits per heavy atom. The lowest BCUT2D eigenvalue weighted by Crippen LogP contribution is -2.49. The van der Waals surface area contributed by atoms with E-state index in [2.05, 4.69) is 85.1 Å². The fraction of sp³-hybridized carbons (Fsp3) is 0.553. The first-order valence-electron chi connectivity index (χ1n) is 40.6. The van der Waals surface area contributed by atoms with Crippen molar-refractivity contribution < 1.29 is 158 Å². The number of aldehydes is 16. The van der Waals surface area contributed by atoms with Crippen LogP contribution in [0.1, 0.15) is 81.1 Å². The fourth-order valence-electron chi connectivity index (χ4n) is 8.93. The van der Waals surface area contributed by atoms with Gasteiger partial charge in [-0.05, 0) is 175 Å². The Morgan fingerprint density at radius 3 is 0.688 bits per heavy atom. The lowest BCUT2D eigenvalue weighted by Gasteiger charge is -2.22. The van der Waals surface area contributed by atoms with Crippen LogP contribution < -0.4 is 85.1 Å². The van der Waals surface area contributed by atoms with Gasteiger partial charge in [0, 0.05) is 131 Å². The minimum absolute atomic E-state index is 0. The fourth-order valence-corrected chi connectivity index (χ4v) is 26.2. The average molecular weight is 2180 g/mol. The maximum Gasteiger partial charge on any atom is 0.338 e. The number of hydrogen-bond acceptors (Lipinski definition) is 42. The number of urea groups is 2. The number of rotatable bonds is 16. The Kier molecular flexibility index (Phi) is 127. The van der Waals surface area contributed by atoms with Crippen molar-refractivity contribution >= 4 is 279 Å². The van der Waals surface area contributed by atoms with Gasteiger partial charge in [-0.3, -0.25) is 76.7 Å². The van der Waals surface area contributed by atoms with Gasteiger partial charge in [-0.25, -0.2) is 9.59 Å². The normalized spacial score (nSPS) is 20.5. The van der Waals surface area contributed by atoms with Crippen LogP contribution in [0.15, 0.2) is 48.5 Å². The summed E-state index contributed by atoms with van der Waals surface area (Å²) in [4.78, 5) is 164.